The first kappa shape index (κ1) is 32.1. The van der Waals surface area contributed by atoms with Crippen molar-refractivity contribution in [2.75, 3.05) is 0 Å². The van der Waals surface area contributed by atoms with Crippen LogP contribution in [0.5, 0.6) is 0 Å². The fraction of sp³-hybridized carbons (Fsp3) is 0.189. The SMILES string of the molecule is c1ccc(-c2ccc(-c3nc(-c4ccc(-c5ccccc5)cc4)nc(-c4ccc5c(c4)C4(c6cc7ccccc7cc6-5)C5CC6CC(C5)CC4C6)n3)cc2)cc1. The largest absolute Gasteiger partial charge is 0.208 e. The highest BCUT2D eigenvalue weighted by Crippen LogP contribution is 2.69. The summed E-state index contributed by atoms with van der Waals surface area (Å²) in [6, 6.07) is 59.5. The smallest absolute Gasteiger partial charge is 0.164 e. The van der Waals surface area contributed by atoms with Crippen LogP contribution >= 0.6 is 0 Å². The number of nitrogens with zero attached hydrogens (tertiary/aromatic N) is 3. The van der Waals surface area contributed by atoms with Gasteiger partial charge in [-0.2, -0.15) is 0 Å². The van der Waals surface area contributed by atoms with Crippen molar-refractivity contribution in [1.82, 2.24) is 15.0 Å². The lowest BCUT2D eigenvalue weighted by atomic mass is 9.43. The van der Waals surface area contributed by atoms with Crippen molar-refractivity contribution >= 4 is 10.8 Å². The van der Waals surface area contributed by atoms with E-state index in [2.05, 4.69) is 164 Å². The minimum atomic E-state index is 0.0390. The van der Waals surface area contributed by atoms with Gasteiger partial charge < -0.3 is 0 Å². The van der Waals surface area contributed by atoms with Crippen LogP contribution in [0.1, 0.15) is 43.2 Å². The zero-order valence-corrected chi connectivity index (χ0v) is 31.3. The first-order valence-corrected chi connectivity index (χ1v) is 20.4. The summed E-state index contributed by atoms with van der Waals surface area (Å²) in [5.41, 5.74) is 13.7. The van der Waals surface area contributed by atoms with E-state index in [1.54, 1.807) is 5.56 Å². The summed E-state index contributed by atoms with van der Waals surface area (Å²) in [4.78, 5) is 15.7. The molecule has 7 aromatic carbocycles. The van der Waals surface area contributed by atoms with Crippen molar-refractivity contribution in [3.63, 3.8) is 0 Å². The van der Waals surface area contributed by atoms with Crippen LogP contribution in [-0.2, 0) is 5.41 Å². The molecule has 4 saturated carbocycles. The van der Waals surface area contributed by atoms with Gasteiger partial charge in [-0.15, -0.1) is 0 Å². The summed E-state index contributed by atoms with van der Waals surface area (Å²) in [5.74, 6) is 5.22. The van der Waals surface area contributed by atoms with Crippen molar-refractivity contribution in [3.05, 3.63) is 175 Å². The third-order valence-corrected chi connectivity index (χ3v) is 13.9. The lowest BCUT2D eigenvalue weighted by Gasteiger charge is -2.61. The predicted octanol–water partition coefficient (Wildman–Crippen LogP) is 13.1. The first-order valence-electron chi connectivity index (χ1n) is 20.4. The molecule has 4 fully saturated rings. The summed E-state index contributed by atoms with van der Waals surface area (Å²) in [7, 11) is 0. The maximum absolute atomic E-state index is 5.29. The van der Waals surface area contributed by atoms with Gasteiger partial charge in [0.05, 0.1) is 0 Å². The van der Waals surface area contributed by atoms with E-state index in [9.17, 15) is 0 Å². The molecule has 0 radical (unpaired) electrons. The second kappa shape index (κ2) is 12.4. The minimum absolute atomic E-state index is 0.0390. The van der Waals surface area contributed by atoms with Gasteiger partial charge in [0, 0.05) is 22.1 Å². The summed E-state index contributed by atoms with van der Waals surface area (Å²) in [5, 5.41) is 2.68. The molecule has 268 valence electrons. The highest BCUT2D eigenvalue weighted by Gasteiger charge is 2.61. The maximum atomic E-state index is 5.29. The topological polar surface area (TPSA) is 38.7 Å². The van der Waals surface area contributed by atoms with E-state index in [1.165, 1.54) is 81.8 Å². The molecule has 0 amide bonds. The second-order valence-corrected chi connectivity index (χ2v) is 16.9. The van der Waals surface area contributed by atoms with Gasteiger partial charge in [0.1, 0.15) is 0 Å². The van der Waals surface area contributed by atoms with Crippen molar-refractivity contribution in [1.29, 1.82) is 0 Å². The van der Waals surface area contributed by atoms with Crippen LogP contribution in [0.4, 0.5) is 0 Å². The van der Waals surface area contributed by atoms with Crippen LogP contribution in [0.15, 0.2) is 164 Å². The van der Waals surface area contributed by atoms with E-state index in [-0.39, 0.29) is 5.41 Å². The lowest BCUT2D eigenvalue weighted by Crippen LogP contribution is -2.55. The second-order valence-electron chi connectivity index (χ2n) is 16.9. The quantitative estimate of drug-likeness (QED) is 0.178. The number of benzene rings is 7. The molecule has 5 aliphatic rings. The molecule has 0 saturated heterocycles. The maximum Gasteiger partial charge on any atom is 0.164 e. The van der Waals surface area contributed by atoms with Gasteiger partial charge >= 0.3 is 0 Å². The Balaban J connectivity index is 1.02. The van der Waals surface area contributed by atoms with E-state index in [0.717, 1.165) is 34.4 Å². The molecule has 4 bridgehead atoms. The fourth-order valence-corrected chi connectivity index (χ4v) is 11.7. The Morgan fingerprint density at radius 2 is 0.750 bits per heavy atom. The molecule has 13 rings (SSSR count). The highest BCUT2D eigenvalue weighted by molar-refractivity contribution is 5.94. The van der Waals surface area contributed by atoms with Gasteiger partial charge in [0.2, 0.25) is 0 Å². The average Bonchev–Trinajstić information content (AvgIpc) is 3.54. The molecule has 8 aromatic rings. The van der Waals surface area contributed by atoms with E-state index in [4.69, 9.17) is 15.0 Å². The van der Waals surface area contributed by atoms with Crippen molar-refractivity contribution in [2.45, 2.75) is 37.5 Å². The molecule has 0 N–H and O–H groups in total. The zero-order chi connectivity index (χ0) is 36.8. The molecule has 0 unspecified atom stereocenters. The molecule has 1 aromatic heterocycles. The lowest BCUT2D eigenvalue weighted by molar-refractivity contribution is -0.0398. The Labute approximate surface area is 328 Å². The van der Waals surface area contributed by atoms with E-state index >= 15 is 0 Å². The van der Waals surface area contributed by atoms with Crippen LogP contribution in [-0.4, -0.2) is 15.0 Å². The molecule has 0 aliphatic heterocycles. The molecule has 3 nitrogen and oxygen atoms in total. The van der Waals surface area contributed by atoms with Crippen LogP contribution in [0.25, 0.3) is 78.3 Å². The molecular formula is C53H41N3. The first-order chi connectivity index (χ1) is 27.7. The van der Waals surface area contributed by atoms with Crippen LogP contribution < -0.4 is 0 Å². The van der Waals surface area contributed by atoms with Gasteiger partial charge in [0.15, 0.2) is 17.5 Å². The van der Waals surface area contributed by atoms with Gasteiger partial charge in [-0.05, 0) is 129 Å². The van der Waals surface area contributed by atoms with Gasteiger partial charge in [-0.3, -0.25) is 0 Å². The average molecular weight is 720 g/mol. The third kappa shape index (κ3) is 4.93. The highest BCUT2D eigenvalue weighted by atomic mass is 15.0. The monoisotopic (exact) mass is 719 g/mol. The number of fused-ring (bicyclic) bond motifs is 4. The number of aromatic nitrogens is 3. The molecule has 3 heteroatoms. The molecule has 5 aliphatic carbocycles. The van der Waals surface area contributed by atoms with E-state index < -0.39 is 0 Å². The van der Waals surface area contributed by atoms with Crippen LogP contribution in [0.3, 0.4) is 0 Å². The van der Waals surface area contributed by atoms with E-state index in [0.29, 0.717) is 23.5 Å². The van der Waals surface area contributed by atoms with Crippen molar-refractivity contribution in [3.8, 4) is 67.5 Å². The fourth-order valence-electron chi connectivity index (χ4n) is 11.7. The number of rotatable bonds is 5. The van der Waals surface area contributed by atoms with Gasteiger partial charge in [-0.25, -0.2) is 15.0 Å². The van der Waals surface area contributed by atoms with Crippen LogP contribution in [0.2, 0.25) is 0 Å². The Morgan fingerprint density at radius 3 is 1.29 bits per heavy atom. The Kier molecular flexibility index (Phi) is 7.11. The summed E-state index contributed by atoms with van der Waals surface area (Å²) >= 11 is 0. The van der Waals surface area contributed by atoms with Crippen molar-refractivity contribution < 1.29 is 0 Å². The number of hydrogen-bond acceptors (Lipinski definition) is 3. The standard InChI is InChI=1S/C53H41N3/c1-3-9-35(10-4-1)37-15-19-39(20-16-37)50-54-51(40-21-17-38(18-22-40)36-11-5-2-6-12-36)56-52(55-50)43-23-24-46-47-30-41-13-7-8-14-42(41)31-49(47)53(48(46)32-43)44-26-33-25-34(28-44)29-45(53)27-33/h1-24,30-34,44-45H,25-29H2. The Morgan fingerprint density at radius 1 is 0.339 bits per heavy atom. The zero-order valence-electron chi connectivity index (χ0n) is 31.3. The van der Waals surface area contributed by atoms with Crippen LogP contribution in [0, 0.1) is 23.7 Å². The molecule has 0 atom stereocenters. The summed E-state index contributed by atoms with van der Waals surface area (Å²) in [6.45, 7) is 0. The summed E-state index contributed by atoms with van der Waals surface area (Å²) < 4.78 is 0. The van der Waals surface area contributed by atoms with E-state index in [1.807, 2.05) is 0 Å². The minimum Gasteiger partial charge on any atom is -0.208 e. The number of hydrogen-bond donors (Lipinski definition) is 0. The Hall–Kier alpha value is -6.19. The van der Waals surface area contributed by atoms with Gasteiger partial charge in [-0.1, -0.05) is 146 Å². The molecule has 56 heavy (non-hydrogen) atoms. The predicted molar refractivity (Wildman–Crippen MR) is 228 cm³/mol. The molecule has 1 heterocycles. The third-order valence-electron chi connectivity index (χ3n) is 13.9. The summed E-state index contributed by atoms with van der Waals surface area (Å²) in [6.07, 6.45) is 6.83. The normalized spacial score (nSPS) is 22.7. The van der Waals surface area contributed by atoms with Gasteiger partial charge in [0.25, 0.3) is 0 Å². The molecule has 1 spiro atoms. The Bertz CT molecular complexity index is 2660. The van der Waals surface area contributed by atoms with Crippen molar-refractivity contribution in [2.24, 2.45) is 23.7 Å². The molecular weight excluding hydrogens is 679 g/mol.